The minimum Gasteiger partial charge on any atom is -0.462 e. The summed E-state index contributed by atoms with van der Waals surface area (Å²) in [5.74, 6) is -0.916. The Kier molecular flexibility index (Phi) is 53.8. The Morgan fingerprint density at radius 1 is 0.294 bits per heavy atom. The summed E-state index contributed by atoms with van der Waals surface area (Å²) in [4.78, 5) is 38.2. The van der Waals surface area contributed by atoms with Crippen molar-refractivity contribution in [2.24, 2.45) is 0 Å². The van der Waals surface area contributed by atoms with Gasteiger partial charge in [0.2, 0.25) is 0 Å². The van der Waals surface area contributed by atoms with Crippen molar-refractivity contribution >= 4 is 17.9 Å². The third-order valence-corrected chi connectivity index (χ3v) is 12.4. The Bertz CT molecular complexity index is 1270. The number of unbranched alkanes of at least 4 members (excludes halogenated alkanes) is 29. The van der Waals surface area contributed by atoms with Crippen LogP contribution in [0, 0.1) is 0 Å². The molecule has 0 aliphatic rings. The Morgan fingerprint density at radius 2 is 0.529 bits per heavy atom. The van der Waals surface area contributed by atoms with Gasteiger partial charge in [-0.05, 0) is 116 Å². The first-order valence-corrected chi connectivity index (χ1v) is 28.9. The van der Waals surface area contributed by atoms with Crippen LogP contribution in [0.25, 0.3) is 0 Å². The molecule has 0 heterocycles. The van der Waals surface area contributed by atoms with Gasteiger partial charge in [-0.25, -0.2) is 0 Å². The lowest BCUT2D eigenvalue weighted by molar-refractivity contribution is -0.167. The van der Waals surface area contributed by atoms with E-state index in [0.717, 1.165) is 109 Å². The molecule has 0 saturated heterocycles. The Morgan fingerprint density at radius 3 is 0.882 bits per heavy atom. The predicted octanol–water partition coefficient (Wildman–Crippen LogP) is 19.4. The van der Waals surface area contributed by atoms with E-state index in [0.29, 0.717) is 19.3 Å². The molecule has 0 bridgehead atoms. The highest BCUT2D eigenvalue weighted by Gasteiger charge is 2.19. The van der Waals surface area contributed by atoms with Gasteiger partial charge in [0, 0.05) is 19.3 Å². The van der Waals surface area contributed by atoms with Gasteiger partial charge in [0.05, 0.1) is 0 Å². The van der Waals surface area contributed by atoms with Gasteiger partial charge in [0.1, 0.15) is 13.2 Å². The van der Waals surface area contributed by atoms with Crippen LogP contribution >= 0.6 is 0 Å². The Balaban J connectivity index is 4.43. The standard InChI is InChI=1S/C62H108O6/c1-4-7-10-13-16-19-22-25-28-30-31-32-35-37-40-43-46-49-52-55-61(64)67-58-59(57-66-60(63)54-51-48-45-42-39-36-33-27-24-21-18-15-12-9-6-3)68-62(65)56-53-50-47-44-41-38-34-29-26-23-20-17-14-11-8-5-2/h16,19-20,23,25,27-29,31-34,59H,4-15,17-18,21-22,24,26,30,35-58H2,1-3H3/b19-16-,23-20-,28-25-,32-31-,33-27-,34-29-. The molecule has 0 rings (SSSR count). The van der Waals surface area contributed by atoms with Crippen molar-refractivity contribution < 1.29 is 28.6 Å². The van der Waals surface area contributed by atoms with E-state index in [9.17, 15) is 14.4 Å². The van der Waals surface area contributed by atoms with Crippen LogP contribution < -0.4 is 0 Å². The molecule has 1 unspecified atom stereocenters. The lowest BCUT2D eigenvalue weighted by atomic mass is 10.1. The van der Waals surface area contributed by atoms with E-state index in [1.807, 2.05) is 0 Å². The second kappa shape index (κ2) is 56.4. The highest BCUT2D eigenvalue weighted by Crippen LogP contribution is 2.14. The zero-order valence-corrected chi connectivity index (χ0v) is 44.9. The van der Waals surface area contributed by atoms with Crippen LogP contribution in [0.1, 0.15) is 284 Å². The SMILES string of the molecule is CCCCC/C=C\C/C=C\C/C=C\CCCCCCCCC(=O)OCC(COC(=O)CCCCCCC/C=C\CCCCCCCC)OC(=O)CCCCCCC/C=C\C/C=C\CCCCCC. The van der Waals surface area contributed by atoms with Crippen molar-refractivity contribution in [3.05, 3.63) is 72.9 Å². The molecule has 0 aliphatic heterocycles. The quantitative estimate of drug-likeness (QED) is 0.0262. The number of carbonyl (C=O) groups excluding carboxylic acids is 3. The second-order valence-corrected chi connectivity index (χ2v) is 19.2. The van der Waals surface area contributed by atoms with Crippen molar-refractivity contribution in [3.8, 4) is 0 Å². The van der Waals surface area contributed by atoms with Gasteiger partial charge in [-0.15, -0.1) is 0 Å². The predicted molar refractivity (Wildman–Crippen MR) is 293 cm³/mol. The first kappa shape index (κ1) is 64.8. The maximum Gasteiger partial charge on any atom is 0.306 e. The highest BCUT2D eigenvalue weighted by molar-refractivity contribution is 5.71. The number of hydrogen-bond donors (Lipinski definition) is 0. The fourth-order valence-corrected chi connectivity index (χ4v) is 8.00. The van der Waals surface area contributed by atoms with Crippen molar-refractivity contribution in [2.75, 3.05) is 13.2 Å². The molecule has 0 aromatic heterocycles. The minimum atomic E-state index is -0.792. The van der Waals surface area contributed by atoms with Crippen LogP contribution in [0.2, 0.25) is 0 Å². The fraction of sp³-hybridized carbons (Fsp3) is 0.758. The van der Waals surface area contributed by atoms with Gasteiger partial charge in [0.15, 0.2) is 6.10 Å². The molecular weight excluding hydrogens is 841 g/mol. The number of ether oxygens (including phenoxy) is 3. The smallest absolute Gasteiger partial charge is 0.306 e. The molecule has 0 radical (unpaired) electrons. The van der Waals surface area contributed by atoms with Gasteiger partial charge in [-0.3, -0.25) is 14.4 Å². The zero-order valence-electron chi connectivity index (χ0n) is 44.9. The van der Waals surface area contributed by atoms with E-state index < -0.39 is 6.10 Å². The van der Waals surface area contributed by atoms with Crippen LogP contribution in [0.4, 0.5) is 0 Å². The summed E-state index contributed by atoms with van der Waals surface area (Å²) in [6, 6.07) is 0. The zero-order chi connectivity index (χ0) is 49.3. The van der Waals surface area contributed by atoms with E-state index in [1.165, 1.54) is 135 Å². The second-order valence-electron chi connectivity index (χ2n) is 19.2. The topological polar surface area (TPSA) is 78.9 Å². The molecule has 0 aliphatic carbocycles. The van der Waals surface area contributed by atoms with Crippen LogP contribution in [-0.2, 0) is 28.6 Å². The summed E-state index contributed by atoms with van der Waals surface area (Å²) < 4.78 is 16.8. The molecule has 392 valence electrons. The number of esters is 3. The normalized spacial score (nSPS) is 12.6. The molecule has 68 heavy (non-hydrogen) atoms. The largest absolute Gasteiger partial charge is 0.462 e. The summed E-state index contributed by atoms with van der Waals surface area (Å²) in [5.41, 5.74) is 0. The van der Waals surface area contributed by atoms with E-state index in [-0.39, 0.29) is 31.1 Å². The molecule has 0 aromatic carbocycles. The summed E-state index contributed by atoms with van der Waals surface area (Å²) in [6.07, 6.45) is 71.7. The molecule has 0 spiro atoms. The molecule has 1 atom stereocenters. The molecule has 6 heteroatoms. The molecule has 0 aromatic rings. The average molecular weight is 950 g/mol. The van der Waals surface area contributed by atoms with E-state index in [4.69, 9.17) is 14.2 Å². The summed E-state index contributed by atoms with van der Waals surface area (Å²) in [7, 11) is 0. The van der Waals surface area contributed by atoms with Gasteiger partial charge in [-0.1, -0.05) is 222 Å². The number of allylic oxidation sites excluding steroid dienone is 12. The summed E-state index contributed by atoms with van der Waals surface area (Å²) >= 11 is 0. The number of rotatable bonds is 52. The maximum atomic E-state index is 12.8. The van der Waals surface area contributed by atoms with Crippen molar-refractivity contribution in [3.63, 3.8) is 0 Å². The number of carbonyl (C=O) groups is 3. The molecule has 6 nitrogen and oxygen atoms in total. The van der Waals surface area contributed by atoms with Gasteiger partial charge in [0.25, 0.3) is 0 Å². The fourth-order valence-electron chi connectivity index (χ4n) is 8.00. The maximum absolute atomic E-state index is 12.8. The van der Waals surface area contributed by atoms with Gasteiger partial charge in [-0.2, -0.15) is 0 Å². The molecule has 0 fully saturated rings. The van der Waals surface area contributed by atoms with E-state index in [1.54, 1.807) is 0 Å². The Hall–Kier alpha value is -3.15. The van der Waals surface area contributed by atoms with Crippen molar-refractivity contribution in [2.45, 2.75) is 290 Å². The first-order chi connectivity index (χ1) is 33.5. The van der Waals surface area contributed by atoms with Crippen LogP contribution in [-0.4, -0.2) is 37.2 Å². The van der Waals surface area contributed by atoms with E-state index in [2.05, 4.69) is 93.7 Å². The van der Waals surface area contributed by atoms with Crippen LogP contribution in [0.15, 0.2) is 72.9 Å². The number of hydrogen-bond acceptors (Lipinski definition) is 6. The lowest BCUT2D eigenvalue weighted by Gasteiger charge is -2.18. The molecule has 0 N–H and O–H groups in total. The van der Waals surface area contributed by atoms with Crippen molar-refractivity contribution in [1.82, 2.24) is 0 Å². The highest BCUT2D eigenvalue weighted by atomic mass is 16.6. The third-order valence-electron chi connectivity index (χ3n) is 12.4. The summed E-state index contributed by atoms with van der Waals surface area (Å²) in [5, 5.41) is 0. The average Bonchev–Trinajstić information content (AvgIpc) is 3.34. The van der Waals surface area contributed by atoms with Gasteiger partial charge >= 0.3 is 17.9 Å². The van der Waals surface area contributed by atoms with Crippen LogP contribution in [0.5, 0.6) is 0 Å². The monoisotopic (exact) mass is 949 g/mol. The van der Waals surface area contributed by atoms with E-state index >= 15 is 0 Å². The minimum absolute atomic E-state index is 0.0893. The summed E-state index contributed by atoms with van der Waals surface area (Å²) in [6.45, 7) is 6.58. The van der Waals surface area contributed by atoms with Crippen LogP contribution in [0.3, 0.4) is 0 Å². The lowest BCUT2D eigenvalue weighted by Crippen LogP contribution is -2.30. The Labute approximate surface area is 421 Å². The van der Waals surface area contributed by atoms with Crippen molar-refractivity contribution in [1.29, 1.82) is 0 Å². The molecule has 0 saturated carbocycles. The molecule has 0 amide bonds. The first-order valence-electron chi connectivity index (χ1n) is 28.9. The molecular formula is C62H108O6. The third kappa shape index (κ3) is 53.8. The van der Waals surface area contributed by atoms with Gasteiger partial charge < -0.3 is 14.2 Å².